The summed E-state index contributed by atoms with van der Waals surface area (Å²) >= 11 is 0. The van der Waals surface area contributed by atoms with E-state index in [9.17, 15) is 9.18 Å². The van der Waals surface area contributed by atoms with Gasteiger partial charge in [-0.05, 0) is 43.5 Å². The minimum absolute atomic E-state index is 0.121. The van der Waals surface area contributed by atoms with Crippen LogP contribution in [0.2, 0.25) is 0 Å². The molecular weight excluding hydrogens is 385 g/mol. The van der Waals surface area contributed by atoms with Gasteiger partial charge in [-0.2, -0.15) is 0 Å². The predicted octanol–water partition coefficient (Wildman–Crippen LogP) is 4.00. The highest BCUT2D eigenvalue weighted by Gasteiger charge is 2.39. The van der Waals surface area contributed by atoms with E-state index >= 15 is 0 Å². The molecule has 1 fully saturated rings. The zero-order valence-electron chi connectivity index (χ0n) is 17.1. The molecule has 6 nitrogen and oxygen atoms in total. The summed E-state index contributed by atoms with van der Waals surface area (Å²) in [6.07, 6.45) is 5.26. The second-order valence-corrected chi connectivity index (χ2v) is 7.85. The minimum Gasteiger partial charge on any atom is -0.480 e. The Labute approximate surface area is 174 Å². The van der Waals surface area contributed by atoms with E-state index in [1.165, 1.54) is 13.2 Å². The molecule has 3 heterocycles. The molecule has 156 valence electrons. The number of halogens is 1. The third-order valence-corrected chi connectivity index (χ3v) is 5.57. The van der Waals surface area contributed by atoms with Crippen LogP contribution in [0.3, 0.4) is 0 Å². The van der Waals surface area contributed by atoms with E-state index in [1.807, 2.05) is 6.92 Å². The maximum Gasteiger partial charge on any atom is 0.259 e. The summed E-state index contributed by atoms with van der Waals surface area (Å²) in [5.74, 6) is 1.11. The number of carbonyl (C=O) groups excluding carboxylic acids is 1. The highest BCUT2D eigenvalue weighted by Crippen LogP contribution is 2.34. The Morgan fingerprint density at radius 1 is 1.27 bits per heavy atom. The van der Waals surface area contributed by atoms with Crippen LogP contribution in [-0.2, 0) is 11.8 Å². The van der Waals surface area contributed by atoms with Crippen molar-refractivity contribution in [1.82, 2.24) is 14.9 Å². The number of hydrogen-bond donors (Lipinski definition) is 0. The number of likely N-dealkylation sites (tertiary alicyclic amines) is 1. The smallest absolute Gasteiger partial charge is 0.259 e. The third kappa shape index (κ3) is 3.92. The fourth-order valence-corrected chi connectivity index (χ4v) is 3.97. The number of hydrogen-bond acceptors (Lipinski definition) is 5. The number of oxazole rings is 1. The van der Waals surface area contributed by atoms with E-state index in [0.29, 0.717) is 48.2 Å². The van der Waals surface area contributed by atoms with Crippen molar-refractivity contribution < 1.29 is 18.3 Å². The molecule has 1 aliphatic heterocycles. The van der Waals surface area contributed by atoms with Crippen LogP contribution in [0.4, 0.5) is 4.39 Å². The van der Waals surface area contributed by atoms with Gasteiger partial charge >= 0.3 is 0 Å². The number of nitrogens with zero attached hydrogens (tertiary/aromatic N) is 3. The molecular formula is C23H24FN3O3. The normalized spacial score (nSPS) is 19.0. The van der Waals surface area contributed by atoms with Crippen molar-refractivity contribution in [1.29, 1.82) is 0 Å². The van der Waals surface area contributed by atoms with Gasteiger partial charge < -0.3 is 14.1 Å². The molecule has 0 unspecified atom stereocenters. The fourth-order valence-electron chi connectivity index (χ4n) is 3.97. The third-order valence-electron chi connectivity index (χ3n) is 5.57. The molecule has 7 heteroatoms. The number of carbonyl (C=O) groups is 1. The van der Waals surface area contributed by atoms with Gasteiger partial charge in [0.15, 0.2) is 0 Å². The van der Waals surface area contributed by atoms with Crippen molar-refractivity contribution in [2.24, 2.45) is 0 Å². The molecule has 0 spiro atoms. The molecule has 1 saturated heterocycles. The van der Waals surface area contributed by atoms with Crippen molar-refractivity contribution in [3.8, 4) is 5.88 Å². The molecule has 2 aromatic heterocycles. The lowest BCUT2D eigenvalue weighted by Gasteiger charge is -2.38. The topological polar surface area (TPSA) is 68.5 Å². The van der Waals surface area contributed by atoms with Crippen LogP contribution in [-0.4, -0.2) is 41.0 Å². The first kappa shape index (κ1) is 20.1. The SMILES string of the molecule is COc1ncccc1C(=O)N1CCC[C@](C)(c2ncc(Cc3ccccc3F)o2)C1. The lowest BCUT2D eigenvalue weighted by atomic mass is 9.81. The molecule has 0 radical (unpaired) electrons. The number of aromatic nitrogens is 2. The maximum absolute atomic E-state index is 14.0. The number of pyridine rings is 1. The quantitative estimate of drug-likeness (QED) is 0.637. The Morgan fingerprint density at radius 2 is 2.10 bits per heavy atom. The monoisotopic (exact) mass is 409 g/mol. The Bertz CT molecular complexity index is 1050. The fraction of sp³-hybridized carbons (Fsp3) is 0.348. The van der Waals surface area contributed by atoms with Crippen molar-refractivity contribution >= 4 is 5.91 Å². The summed E-state index contributed by atoms with van der Waals surface area (Å²) in [6, 6.07) is 10.1. The average molecular weight is 409 g/mol. The molecule has 3 aromatic rings. The van der Waals surface area contributed by atoms with Crippen LogP contribution in [0.5, 0.6) is 5.88 Å². The Hall–Kier alpha value is -3.22. The number of benzene rings is 1. The summed E-state index contributed by atoms with van der Waals surface area (Å²) in [5, 5.41) is 0. The summed E-state index contributed by atoms with van der Waals surface area (Å²) in [6.45, 7) is 3.17. The van der Waals surface area contributed by atoms with Crippen molar-refractivity contribution in [2.45, 2.75) is 31.6 Å². The maximum atomic E-state index is 14.0. The molecule has 1 aromatic carbocycles. The molecule has 1 atom stereocenters. The van der Waals surface area contributed by atoms with E-state index in [1.54, 1.807) is 47.6 Å². The summed E-state index contributed by atoms with van der Waals surface area (Å²) in [7, 11) is 1.50. The first-order chi connectivity index (χ1) is 14.5. The Kier molecular flexibility index (Phi) is 5.53. The van der Waals surface area contributed by atoms with Gasteiger partial charge in [-0.3, -0.25) is 4.79 Å². The van der Waals surface area contributed by atoms with Crippen LogP contribution in [0, 0.1) is 5.82 Å². The largest absolute Gasteiger partial charge is 0.480 e. The summed E-state index contributed by atoms with van der Waals surface area (Å²) < 4.78 is 25.2. The number of amides is 1. The van der Waals surface area contributed by atoms with Gasteiger partial charge in [0, 0.05) is 25.7 Å². The van der Waals surface area contributed by atoms with Crippen LogP contribution in [0.25, 0.3) is 0 Å². The van der Waals surface area contributed by atoms with Gasteiger partial charge in [0.05, 0.1) is 18.7 Å². The van der Waals surface area contributed by atoms with Gasteiger partial charge in [-0.15, -0.1) is 0 Å². The van der Waals surface area contributed by atoms with E-state index in [2.05, 4.69) is 9.97 Å². The van der Waals surface area contributed by atoms with Crippen LogP contribution in [0.15, 0.2) is 53.2 Å². The molecule has 0 aliphatic carbocycles. The van der Waals surface area contributed by atoms with Crippen molar-refractivity contribution in [3.63, 3.8) is 0 Å². The number of rotatable bonds is 5. The highest BCUT2D eigenvalue weighted by atomic mass is 19.1. The van der Waals surface area contributed by atoms with Gasteiger partial charge in [0.25, 0.3) is 5.91 Å². The second-order valence-electron chi connectivity index (χ2n) is 7.85. The van der Waals surface area contributed by atoms with Gasteiger partial charge in [0.1, 0.15) is 17.1 Å². The van der Waals surface area contributed by atoms with Crippen molar-refractivity contribution in [2.75, 3.05) is 20.2 Å². The average Bonchev–Trinajstić information content (AvgIpc) is 3.24. The van der Waals surface area contributed by atoms with Gasteiger partial charge in [-0.25, -0.2) is 14.4 Å². The van der Waals surface area contributed by atoms with Crippen LogP contribution >= 0.6 is 0 Å². The molecule has 0 saturated carbocycles. The van der Waals surface area contributed by atoms with E-state index in [4.69, 9.17) is 9.15 Å². The van der Waals surface area contributed by atoms with Crippen LogP contribution < -0.4 is 4.74 Å². The number of ether oxygens (including phenoxy) is 1. The Morgan fingerprint density at radius 3 is 2.90 bits per heavy atom. The zero-order valence-corrected chi connectivity index (χ0v) is 17.1. The molecule has 0 bridgehead atoms. The number of piperidine rings is 1. The Balaban J connectivity index is 1.53. The number of methoxy groups -OCH3 is 1. The predicted molar refractivity (Wildman–Crippen MR) is 109 cm³/mol. The van der Waals surface area contributed by atoms with Crippen molar-refractivity contribution in [3.05, 3.63) is 77.4 Å². The standard InChI is InChI=1S/C23H24FN3O3/c1-23(22-26-14-17(30-22)13-16-7-3-4-9-19(16)24)10-6-12-27(15-23)21(28)18-8-5-11-25-20(18)29-2/h3-5,7-9,11,14H,6,10,12-13,15H2,1-2H3/t23-/m0/s1. The first-order valence-corrected chi connectivity index (χ1v) is 9.97. The van der Waals surface area contributed by atoms with Crippen LogP contribution in [0.1, 0.15) is 47.3 Å². The van der Waals surface area contributed by atoms with Gasteiger partial charge in [-0.1, -0.05) is 18.2 Å². The molecule has 0 N–H and O–H groups in total. The molecule has 4 rings (SSSR count). The lowest BCUT2D eigenvalue weighted by molar-refractivity contribution is 0.0622. The molecule has 1 aliphatic rings. The lowest BCUT2D eigenvalue weighted by Crippen LogP contribution is -2.47. The van der Waals surface area contributed by atoms with E-state index in [0.717, 1.165) is 12.8 Å². The molecule has 1 amide bonds. The van der Waals surface area contributed by atoms with Gasteiger partial charge in [0.2, 0.25) is 11.8 Å². The summed E-state index contributed by atoms with van der Waals surface area (Å²) in [5.41, 5.74) is 0.586. The van der Waals surface area contributed by atoms with E-state index in [-0.39, 0.29) is 11.7 Å². The second kappa shape index (κ2) is 8.26. The minimum atomic E-state index is -0.420. The zero-order chi connectivity index (χ0) is 21.1. The molecule has 30 heavy (non-hydrogen) atoms. The summed E-state index contributed by atoms with van der Waals surface area (Å²) in [4.78, 5) is 23.5. The first-order valence-electron chi connectivity index (χ1n) is 9.97. The highest BCUT2D eigenvalue weighted by molar-refractivity contribution is 5.96. The van der Waals surface area contributed by atoms with E-state index < -0.39 is 5.41 Å².